The second-order valence-electron chi connectivity index (χ2n) is 4.79. The van der Waals surface area contributed by atoms with Crippen LogP contribution in [0.1, 0.15) is 35.9 Å². The number of rotatable bonds is 5. The first-order chi connectivity index (χ1) is 9.92. The molecule has 2 rings (SSSR count). The average molecular weight is 292 g/mol. The molecule has 1 aromatic carbocycles. The lowest BCUT2D eigenvalue weighted by Crippen LogP contribution is -2.27. The van der Waals surface area contributed by atoms with Gasteiger partial charge in [0.15, 0.2) is 11.5 Å². The number of hydrogen-bond acceptors (Lipinski definition) is 6. The van der Waals surface area contributed by atoms with Crippen LogP contribution in [0.25, 0.3) is 0 Å². The predicted molar refractivity (Wildman–Crippen MR) is 72.6 cm³/mol. The molecule has 112 valence electrons. The molecular formula is C15H16O6. The van der Waals surface area contributed by atoms with E-state index >= 15 is 0 Å². The monoisotopic (exact) mass is 292 g/mol. The predicted octanol–water partition coefficient (Wildman–Crippen LogP) is 1.71. The van der Waals surface area contributed by atoms with E-state index in [9.17, 15) is 14.4 Å². The zero-order valence-electron chi connectivity index (χ0n) is 12.3. The first kappa shape index (κ1) is 15.0. The maximum atomic E-state index is 12.1. The molecule has 0 fully saturated rings. The topological polar surface area (TPSA) is 78.9 Å². The Bertz CT molecular complexity index is 605. The van der Waals surface area contributed by atoms with Crippen LogP contribution < -0.4 is 9.47 Å². The van der Waals surface area contributed by atoms with Crippen molar-refractivity contribution in [1.29, 1.82) is 0 Å². The van der Waals surface area contributed by atoms with Gasteiger partial charge in [-0.2, -0.15) is 0 Å². The third-order valence-corrected chi connectivity index (χ3v) is 3.50. The van der Waals surface area contributed by atoms with Crippen LogP contribution in [0.15, 0.2) is 12.1 Å². The summed E-state index contributed by atoms with van der Waals surface area (Å²) in [6, 6.07) is 3.23. The highest BCUT2D eigenvalue weighted by molar-refractivity contribution is 6.04. The molecule has 0 N–H and O–H groups in total. The maximum Gasteiger partial charge on any atom is 0.343 e. The van der Waals surface area contributed by atoms with Crippen molar-refractivity contribution in [2.24, 2.45) is 5.92 Å². The van der Waals surface area contributed by atoms with Gasteiger partial charge in [0.1, 0.15) is 29.2 Å². The summed E-state index contributed by atoms with van der Waals surface area (Å²) in [5.41, 5.74) is 0.669. The molecule has 1 aliphatic rings. The van der Waals surface area contributed by atoms with E-state index in [1.54, 1.807) is 12.1 Å². The number of esters is 1. The molecule has 0 aromatic heterocycles. The van der Waals surface area contributed by atoms with Crippen LogP contribution in [-0.4, -0.2) is 31.8 Å². The maximum absolute atomic E-state index is 12.1. The number of carbonyl (C=O) groups excluding carboxylic acids is 3. The number of hydrogen-bond donors (Lipinski definition) is 0. The molecule has 0 aliphatic carbocycles. The van der Waals surface area contributed by atoms with Crippen LogP contribution in [0.2, 0.25) is 0 Å². The number of benzene rings is 1. The van der Waals surface area contributed by atoms with Crippen molar-refractivity contribution in [2.75, 3.05) is 14.2 Å². The molecule has 1 heterocycles. The Kier molecular flexibility index (Phi) is 3.97. The van der Waals surface area contributed by atoms with Gasteiger partial charge in [-0.15, -0.1) is 0 Å². The Hall–Kier alpha value is -2.37. The Balaban J connectivity index is 2.59. The minimum absolute atomic E-state index is 0.203. The summed E-state index contributed by atoms with van der Waals surface area (Å²) in [6.45, 7) is 2.61. The van der Waals surface area contributed by atoms with E-state index in [4.69, 9.17) is 14.2 Å². The van der Waals surface area contributed by atoms with E-state index in [1.807, 2.05) is 0 Å². The van der Waals surface area contributed by atoms with Crippen LogP contribution in [-0.2, 0) is 14.3 Å². The third-order valence-electron chi connectivity index (χ3n) is 3.50. The summed E-state index contributed by atoms with van der Waals surface area (Å²) >= 11 is 0. The van der Waals surface area contributed by atoms with Crippen LogP contribution in [0.4, 0.5) is 0 Å². The first-order valence-corrected chi connectivity index (χ1v) is 6.39. The van der Waals surface area contributed by atoms with Crippen LogP contribution in [0.5, 0.6) is 11.5 Å². The highest BCUT2D eigenvalue weighted by Crippen LogP contribution is 2.44. The van der Waals surface area contributed by atoms with Crippen molar-refractivity contribution in [2.45, 2.75) is 20.0 Å². The van der Waals surface area contributed by atoms with Crippen molar-refractivity contribution in [1.82, 2.24) is 0 Å². The third kappa shape index (κ3) is 2.37. The zero-order valence-corrected chi connectivity index (χ0v) is 12.3. The molecule has 0 spiro atoms. The summed E-state index contributed by atoms with van der Waals surface area (Å²) in [4.78, 5) is 35.5. The van der Waals surface area contributed by atoms with Crippen molar-refractivity contribution in [3.63, 3.8) is 0 Å². The van der Waals surface area contributed by atoms with E-state index in [0.717, 1.165) is 0 Å². The van der Waals surface area contributed by atoms with Crippen molar-refractivity contribution in [3.05, 3.63) is 23.3 Å². The number of cyclic esters (lactones) is 1. The quantitative estimate of drug-likeness (QED) is 0.607. The fraction of sp³-hybridized carbons (Fsp3) is 0.400. The van der Waals surface area contributed by atoms with Gasteiger partial charge in [0.05, 0.1) is 14.2 Å². The Labute approximate surface area is 122 Å². The Morgan fingerprint density at radius 1 is 1.14 bits per heavy atom. The summed E-state index contributed by atoms with van der Waals surface area (Å²) in [6.07, 6.45) is -0.915. The van der Waals surface area contributed by atoms with E-state index in [1.165, 1.54) is 28.1 Å². The Morgan fingerprint density at radius 3 is 2.24 bits per heavy atom. The standard InChI is InChI=1S/C15H16O6/c1-7(16)11(8(2)17)13-9-5-6-10(19-3)14(20-4)12(9)15(18)21-13/h5-6,11,13H,1-4H3/t13-/m1/s1. The molecule has 0 saturated heterocycles. The summed E-state index contributed by atoms with van der Waals surface area (Å²) in [7, 11) is 2.86. The van der Waals surface area contributed by atoms with Gasteiger partial charge in [0.2, 0.25) is 0 Å². The van der Waals surface area contributed by atoms with Gasteiger partial charge >= 0.3 is 5.97 Å². The van der Waals surface area contributed by atoms with E-state index in [-0.39, 0.29) is 22.9 Å². The molecule has 0 unspecified atom stereocenters. The van der Waals surface area contributed by atoms with Gasteiger partial charge in [-0.25, -0.2) is 4.79 Å². The normalized spacial score (nSPS) is 16.4. The second kappa shape index (κ2) is 5.55. The number of ether oxygens (including phenoxy) is 3. The summed E-state index contributed by atoms with van der Waals surface area (Å²) < 4.78 is 15.6. The zero-order chi connectivity index (χ0) is 15.7. The smallest absolute Gasteiger partial charge is 0.343 e. The molecule has 0 saturated carbocycles. The van der Waals surface area contributed by atoms with Gasteiger partial charge in [-0.1, -0.05) is 6.07 Å². The molecule has 1 aliphatic heterocycles. The lowest BCUT2D eigenvalue weighted by Gasteiger charge is -2.18. The highest BCUT2D eigenvalue weighted by Gasteiger charge is 2.43. The SMILES string of the molecule is COc1ccc2c(c1OC)C(=O)O[C@H]2C(C(C)=O)C(C)=O. The summed E-state index contributed by atoms with van der Waals surface area (Å²) in [5, 5.41) is 0. The van der Waals surface area contributed by atoms with Crippen molar-refractivity contribution >= 4 is 17.5 Å². The van der Waals surface area contributed by atoms with Crippen molar-refractivity contribution in [3.8, 4) is 11.5 Å². The number of fused-ring (bicyclic) bond motifs is 1. The molecule has 0 radical (unpaired) electrons. The lowest BCUT2D eigenvalue weighted by atomic mass is 9.88. The van der Waals surface area contributed by atoms with Crippen molar-refractivity contribution < 1.29 is 28.6 Å². The Morgan fingerprint density at radius 2 is 1.76 bits per heavy atom. The number of Topliss-reactive ketones (excluding diaryl/α,β-unsaturated/α-hetero) is 2. The van der Waals surface area contributed by atoms with Crippen LogP contribution >= 0.6 is 0 Å². The van der Waals surface area contributed by atoms with E-state index < -0.39 is 18.0 Å². The first-order valence-electron chi connectivity index (χ1n) is 6.39. The molecule has 1 aromatic rings. The minimum atomic E-state index is -1.01. The number of carbonyl (C=O) groups is 3. The fourth-order valence-corrected chi connectivity index (χ4v) is 2.59. The van der Waals surface area contributed by atoms with Gasteiger partial charge < -0.3 is 14.2 Å². The minimum Gasteiger partial charge on any atom is -0.493 e. The van der Waals surface area contributed by atoms with Crippen LogP contribution in [0, 0.1) is 5.92 Å². The molecule has 6 heteroatoms. The van der Waals surface area contributed by atoms with Crippen LogP contribution in [0.3, 0.4) is 0 Å². The number of ketones is 2. The lowest BCUT2D eigenvalue weighted by molar-refractivity contribution is -0.134. The van der Waals surface area contributed by atoms with Gasteiger partial charge in [-0.05, 0) is 19.9 Å². The molecule has 0 bridgehead atoms. The van der Waals surface area contributed by atoms with Gasteiger partial charge in [0.25, 0.3) is 0 Å². The molecule has 6 nitrogen and oxygen atoms in total. The molecule has 21 heavy (non-hydrogen) atoms. The van der Waals surface area contributed by atoms with Gasteiger partial charge in [-0.3, -0.25) is 9.59 Å². The average Bonchev–Trinajstić information content (AvgIpc) is 2.74. The highest BCUT2D eigenvalue weighted by atomic mass is 16.6. The molecule has 0 amide bonds. The fourth-order valence-electron chi connectivity index (χ4n) is 2.59. The van der Waals surface area contributed by atoms with Gasteiger partial charge in [0, 0.05) is 5.56 Å². The summed E-state index contributed by atoms with van der Waals surface area (Å²) in [5.74, 6) is -1.69. The van der Waals surface area contributed by atoms with E-state index in [2.05, 4.69) is 0 Å². The number of methoxy groups -OCH3 is 2. The molecule has 1 atom stereocenters. The second-order valence-corrected chi connectivity index (χ2v) is 4.79. The largest absolute Gasteiger partial charge is 0.493 e. The molecular weight excluding hydrogens is 276 g/mol. The van der Waals surface area contributed by atoms with E-state index in [0.29, 0.717) is 11.3 Å².